The van der Waals surface area contributed by atoms with Crippen molar-refractivity contribution in [3.8, 4) is 35.5 Å². The van der Waals surface area contributed by atoms with Crippen LogP contribution in [0.1, 0.15) is 32.6 Å². The first kappa shape index (κ1) is 11.6. The third kappa shape index (κ3) is 10.6. The second-order valence-corrected chi connectivity index (χ2v) is 2.43. The second-order valence-electron chi connectivity index (χ2n) is 2.43. The van der Waals surface area contributed by atoms with Crippen LogP contribution >= 0.6 is 0 Å². The van der Waals surface area contributed by atoms with E-state index in [1.807, 2.05) is 0 Å². The van der Waals surface area contributed by atoms with E-state index < -0.39 is 0 Å². The molecule has 0 aromatic heterocycles. The van der Waals surface area contributed by atoms with Gasteiger partial charge in [0.05, 0.1) is 0 Å². The van der Waals surface area contributed by atoms with E-state index in [0.29, 0.717) is 6.42 Å². The van der Waals surface area contributed by atoms with E-state index in [9.17, 15) is 0 Å². The molecule has 0 aromatic carbocycles. The Labute approximate surface area is 80.5 Å². The Hall–Kier alpha value is -1.36. The summed E-state index contributed by atoms with van der Waals surface area (Å²) in [6.07, 6.45) is 3.38. The molecule has 0 bridgehead atoms. The molecule has 1 N–H and O–H groups in total. The zero-order chi connectivity index (χ0) is 9.78. The zero-order valence-corrected chi connectivity index (χ0v) is 7.98. The molecule has 0 fully saturated rings. The maximum Gasteiger partial charge on any atom is 0.0440 e. The second kappa shape index (κ2) is 10.6. The number of rotatable bonds is 3. The number of hydrogen-bond acceptors (Lipinski definition) is 1. The molecule has 0 radical (unpaired) electrons. The fourth-order valence-electron chi connectivity index (χ4n) is 0.568. The Morgan fingerprint density at radius 1 is 0.923 bits per heavy atom. The third-order valence-corrected chi connectivity index (χ3v) is 1.20. The molecule has 0 rings (SSSR count). The van der Waals surface area contributed by atoms with Gasteiger partial charge in [-0.05, 0) is 36.5 Å². The molecule has 0 aliphatic carbocycles. The Balaban J connectivity index is 3.59. The lowest BCUT2D eigenvalue weighted by Crippen LogP contribution is -1.77. The predicted molar refractivity (Wildman–Crippen MR) is 54.6 cm³/mol. The molecule has 0 atom stereocenters. The molecular weight excluding hydrogens is 160 g/mol. The molecule has 1 nitrogen and oxygen atoms in total. The Kier molecular flexibility index (Phi) is 9.53. The highest BCUT2D eigenvalue weighted by Crippen LogP contribution is 1.81. The number of unbranched alkanes of at least 4 members (excludes halogenated alkanes) is 2. The molecule has 68 valence electrons. The average molecular weight is 174 g/mol. The fraction of sp³-hybridized carbons (Fsp3) is 0.500. The van der Waals surface area contributed by atoms with Crippen LogP contribution < -0.4 is 0 Å². The number of aliphatic hydroxyl groups is 1. The van der Waals surface area contributed by atoms with Gasteiger partial charge in [-0.2, -0.15) is 0 Å². The highest BCUT2D eigenvalue weighted by molar-refractivity contribution is 5.35. The summed E-state index contributed by atoms with van der Waals surface area (Å²) in [6.45, 7) is 2.27. The largest absolute Gasteiger partial charge is 0.396 e. The minimum absolute atomic E-state index is 0.193. The molecule has 0 unspecified atom stereocenters. The molecule has 0 aliphatic heterocycles. The van der Waals surface area contributed by atoms with E-state index >= 15 is 0 Å². The summed E-state index contributed by atoms with van der Waals surface area (Å²) in [4.78, 5) is 0. The van der Waals surface area contributed by atoms with E-state index in [4.69, 9.17) is 5.11 Å². The van der Waals surface area contributed by atoms with Crippen molar-refractivity contribution in [1.29, 1.82) is 0 Å². The molecule has 13 heavy (non-hydrogen) atoms. The van der Waals surface area contributed by atoms with Crippen molar-refractivity contribution in [2.24, 2.45) is 0 Å². The van der Waals surface area contributed by atoms with Gasteiger partial charge in [-0.3, -0.25) is 0 Å². The van der Waals surface area contributed by atoms with Gasteiger partial charge < -0.3 is 5.11 Å². The summed E-state index contributed by atoms with van der Waals surface area (Å²) < 4.78 is 0. The van der Waals surface area contributed by atoms with Gasteiger partial charge in [-0.1, -0.05) is 18.8 Å². The predicted octanol–water partition coefficient (Wildman–Crippen LogP) is 1.57. The van der Waals surface area contributed by atoms with Gasteiger partial charge in [0, 0.05) is 19.4 Å². The summed E-state index contributed by atoms with van der Waals surface area (Å²) in [7, 11) is 0. The van der Waals surface area contributed by atoms with Crippen molar-refractivity contribution in [2.45, 2.75) is 32.6 Å². The summed E-state index contributed by atoms with van der Waals surface area (Å²) in [5.74, 6) is 16.4. The Bertz CT molecular complexity index is 282. The lowest BCUT2D eigenvalue weighted by molar-refractivity contribution is 0.290. The molecule has 1 heteroatoms. The lowest BCUT2D eigenvalue weighted by atomic mass is 10.3. The third-order valence-electron chi connectivity index (χ3n) is 1.20. The standard InChI is InChI=1S/C12H14O/c1-2-3-4-5-6-7-8-9-10-11-12-13/h13H,2-3,10-12H2,1H3. The van der Waals surface area contributed by atoms with Crippen LogP contribution in [-0.4, -0.2) is 11.7 Å². The zero-order valence-electron chi connectivity index (χ0n) is 7.98. The van der Waals surface area contributed by atoms with Crippen LogP contribution in [0.25, 0.3) is 0 Å². The van der Waals surface area contributed by atoms with Crippen molar-refractivity contribution < 1.29 is 5.11 Å². The number of hydrogen-bond donors (Lipinski definition) is 1. The van der Waals surface area contributed by atoms with Crippen LogP contribution in [0.15, 0.2) is 0 Å². The van der Waals surface area contributed by atoms with Crippen molar-refractivity contribution >= 4 is 0 Å². The highest BCUT2D eigenvalue weighted by atomic mass is 16.2. The molecule has 0 aromatic rings. The van der Waals surface area contributed by atoms with Crippen molar-refractivity contribution in [3.63, 3.8) is 0 Å². The van der Waals surface area contributed by atoms with Crippen molar-refractivity contribution in [3.05, 3.63) is 0 Å². The molecule has 0 heterocycles. The van der Waals surface area contributed by atoms with Crippen LogP contribution in [0.3, 0.4) is 0 Å². The van der Waals surface area contributed by atoms with E-state index in [1.54, 1.807) is 0 Å². The molecule has 0 saturated heterocycles. The molecular formula is C12H14O. The van der Waals surface area contributed by atoms with Crippen molar-refractivity contribution in [2.75, 3.05) is 6.61 Å². The first-order valence-corrected chi connectivity index (χ1v) is 4.48. The van der Waals surface area contributed by atoms with Crippen LogP contribution in [0.2, 0.25) is 0 Å². The topological polar surface area (TPSA) is 20.2 Å². The average Bonchev–Trinajstić information content (AvgIpc) is 2.16. The van der Waals surface area contributed by atoms with E-state index in [-0.39, 0.29) is 6.61 Å². The lowest BCUT2D eigenvalue weighted by Gasteiger charge is -1.80. The van der Waals surface area contributed by atoms with Gasteiger partial charge in [0.15, 0.2) is 0 Å². The molecule has 0 aliphatic rings. The highest BCUT2D eigenvalue weighted by Gasteiger charge is 1.74. The maximum absolute atomic E-state index is 8.44. The van der Waals surface area contributed by atoms with Crippen molar-refractivity contribution in [1.82, 2.24) is 0 Å². The smallest absolute Gasteiger partial charge is 0.0440 e. The quantitative estimate of drug-likeness (QED) is 0.508. The summed E-state index contributed by atoms with van der Waals surface area (Å²) in [5.41, 5.74) is 0. The molecule has 0 spiro atoms. The minimum atomic E-state index is 0.193. The Morgan fingerprint density at radius 3 is 2.08 bits per heavy atom. The van der Waals surface area contributed by atoms with Gasteiger partial charge in [0.2, 0.25) is 0 Å². The monoisotopic (exact) mass is 174 g/mol. The first-order valence-electron chi connectivity index (χ1n) is 4.48. The summed E-state index contributed by atoms with van der Waals surface area (Å²) in [5, 5.41) is 8.44. The van der Waals surface area contributed by atoms with E-state index in [1.165, 1.54) is 0 Å². The first-order chi connectivity index (χ1) is 6.41. The molecule has 0 saturated carbocycles. The van der Waals surface area contributed by atoms with Crippen LogP contribution in [0.4, 0.5) is 0 Å². The van der Waals surface area contributed by atoms with Crippen LogP contribution in [0.5, 0.6) is 0 Å². The fourth-order valence-corrected chi connectivity index (χ4v) is 0.568. The van der Waals surface area contributed by atoms with E-state index in [0.717, 1.165) is 19.3 Å². The van der Waals surface area contributed by atoms with Crippen LogP contribution in [-0.2, 0) is 0 Å². The van der Waals surface area contributed by atoms with Gasteiger partial charge in [-0.15, -0.1) is 0 Å². The minimum Gasteiger partial charge on any atom is -0.396 e. The van der Waals surface area contributed by atoms with Gasteiger partial charge in [-0.25, -0.2) is 0 Å². The van der Waals surface area contributed by atoms with Gasteiger partial charge in [0.1, 0.15) is 0 Å². The van der Waals surface area contributed by atoms with Gasteiger partial charge in [0.25, 0.3) is 0 Å². The van der Waals surface area contributed by atoms with E-state index in [2.05, 4.69) is 42.4 Å². The summed E-state index contributed by atoms with van der Waals surface area (Å²) in [6, 6.07) is 0. The van der Waals surface area contributed by atoms with Crippen LogP contribution in [0, 0.1) is 35.5 Å². The van der Waals surface area contributed by atoms with Gasteiger partial charge >= 0.3 is 0 Å². The normalized spacial score (nSPS) is 6.92. The SMILES string of the molecule is CCCC#CC#CC#CCCCO. The number of aliphatic hydroxyl groups excluding tert-OH is 1. The Morgan fingerprint density at radius 2 is 1.54 bits per heavy atom. The molecule has 0 amide bonds. The maximum atomic E-state index is 8.44. The summed E-state index contributed by atoms with van der Waals surface area (Å²) >= 11 is 0.